The Hall–Kier alpha value is -0.760. The molecular weight excluding hydrogens is 188 g/mol. The fraction of sp³-hybridized carbons (Fsp3) is 0.500. The maximum atomic E-state index is 11.4. The molecule has 0 unspecified atom stereocenters. The summed E-state index contributed by atoms with van der Waals surface area (Å²) in [5.41, 5.74) is 1.68. The molecule has 1 aliphatic carbocycles. The maximum absolute atomic E-state index is 11.4. The molecule has 3 heteroatoms. The van der Waals surface area contributed by atoms with Crippen LogP contribution in [0.5, 0.6) is 0 Å². The van der Waals surface area contributed by atoms with E-state index in [1.807, 2.05) is 13.0 Å². The second-order valence-corrected chi connectivity index (χ2v) is 3.46. The summed E-state index contributed by atoms with van der Waals surface area (Å²) >= 11 is 5.83. The molecule has 0 aromatic rings. The molecule has 0 saturated carbocycles. The summed E-state index contributed by atoms with van der Waals surface area (Å²) in [6.07, 6.45) is 3.27. The lowest BCUT2D eigenvalue weighted by Gasteiger charge is -2.13. The zero-order valence-electron chi connectivity index (χ0n) is 7.89. The van der Waals surface area contributed by atoms with Gasteiger partial charge in [0, 0.05) is 10.6 Å². The van der Waals surface area contributed by atoms with Crippen LogP contribution in [0.1, 0.15) is 26.7 Å². The van der Waals surface area contributed by atoms with Crippen LogP contribution in [0.2, 0.25) is 0 Å². The van der Waals surface area contributed by atoms with Crippen LogP contribution < -0.4 is 0 Å². The molecule has 0 N–H and O–H groups in total. The molecular formula is C10H13ClO2. The van der Waals surface area contributed by atoms with E-state index in [9.17, 15) is 4.79 Å². The van der Waals surface area contributed by atoms with Crippen LogP contribution in [-0.2, 0) is 9.53 Å². The van der Waals surface area contributed by atoms with Gasteiger partial charge < -0.3 is 4.74 Å². The SMILES string of the molecule is CCOC(=O)C1=C(C)C=C(Cl)CC1. The molecule has 13 heavy (non-hydrogen) atoms. The summed E-state index contributed by atoms with van der Waals surface area (Å²) in [6.45, 7) is 4.11. The summed E-state index contributed by atoms with van der Waals surface area (Å²) in [4.78, 5) is 11.4. The first kappa shape index (κ1) is 10.3. The highest BCUT2D eigenvalue weighted by molar-refractivity contribution is 6.30. The van der Waals surface area contributed by atoms with Crippen molar-refractivity contribution in [2.45, 2.75) is 26.7 Å². The van der Waals surface area contributed by atoms with E-state index >= 15 is 0 Å². The summed E-state index contributed by atoms with van der Waals surface area (Å²) in [5.74, 6) is -0.208. The molecule has 1 rings (SSSR count). The lowest BCUT2D eigenvalue weighted by Crippen LogP contribution is -2.11. The van der Waals surface area contributed by atoms with E-state index in [1.54, 1.807) is 6.92 Å². The Balaban J connectivity index is 2.79. The van der Waals surface area contributed by atoms with Gasteiger partial charge in [0.15, 0.2) is 0 Å². The first-order valence-corrected chi connectivity index (χ1v) is 4.76. The standard InChI is InChI=1S/C10H13ClO2/c1-3-13-10(12)9-5-4-8(11)6-7(9)2/h6H,3-5H2,1-2H3. The van der Waals surface area contributed by atoms with Gasteiger partial charge in [-0.05, 0) is 38.3 Å². The van der Waals surface area contributed by atoms with Crippen molar-refractivity contribution in [3.05, 3.63) is 22.3 Å². The van der Waals surface area contributed by atoms with Gasteiger partial charge in [-0.25, -0.2) is 4.79 Å². The van der Waals surface area contributed by atoms with Crippen molar-refractivity contribution in [2.75, 3.05) is 6.61 Å². The number of esters is 1. The Morgan fingerprint density at radius 1 is 1.62 bits per heavy atom. The minimum Gasteiger partial charge on any atom is -0.463 e. The van der Waals surface area contributed by atoms with Gasteiger partial charge in [0.05, 0.1) is 6.61 Å². The molecule has 0 aromatic carbocycles. The van der Waals surface area contributed by atoms with Gasteiger partial charge in [-0.2, -0.15) is 0 Å². The van der Waals surface area contributed by atoms with E-state index in [0.717, 1.165) is 22.6 Å². The smallest absolute Gasteiger partial charge is 0.334 e. The van der Waals surface area contributed by atoms with Crippen molar-refractivity contribution in [3.63, 3.8) is 0 Å². The molecule has 0 heterocycles. The molecule has 0 aliphatic heterocycles. The van der Waals surface area contributed by atoms with Crippen molar-refractivity contribution in [1.29, 1.82) is 0 Å². The Morgan fingerprint density at radius 3 is 2.85 bits per heavy atom. The molecule has 0 fully saturated rings. The zero-order valence-corrected chi connectivity index (χ0v) is 8.65. The van der Waals surface area contributed by atoms with Crippen LogP contribution in [0.15, 0.2) is 22.3 Å². The normalized spacial score (nSPS) is 17.0. The number of ether oxygens (including phenoxy) is 1. The van der Waals surface area contributed by atoms with E-state index in [1.165, 1.54) is 0 Å². The molecule has 72 valence electrons. The lowest BCUT2D eigenvalue weighted by atomic mass is 9.99. The van der Waals surface area contributed by atoms with Crippen LogP contribution >= 0.6 is 11.6 Å². The first-order chi connectivity index (χ1) is 6.15. The van der Waals surface area contributed by atoms with Crippen LogP contribution in [0.3, 0.4) is 0 Å². The van der Waals surface area contributed by atoms with Crippen LogP contribution in [-0.4, -0.2) is 12.6 Å². The molecule has 0 spiro atoms. The van der Waals surface area contributed by atoms with Crippen LogP contribution in [0, 0.1) is 0 Å². The van der Waals surface area contributed by atoms with E-state index in [-0.39, 0.29) is 5.97 Å². The van der Waals surface area contributed by atoms with Crippen LogP contribution in [0.4, 0.5) is 0 Å². The van der Waals surface area contributed by atoms with Crippen molar-refractivity contribution in [3.8, 4) is 0 Å². The predicted octanol–water partition coefficient (Wildman–Crippen LogP) is 2.78. The number of rotatable bonds is 2. The molecule has 0 radical (unpaired) electrons. The van der Waals surface area contributed by atoms with Crippen LogP contribution in [0.25, 0.3) is 0 Å². The van der Waals surface area contributed by atoms with E-state index in [4.69, 9.17) is 16.3 Å². The maximum Gasteiger partial charge on any atom is 0.334 e. The first-order valence-electron chi connectivity index (χ1n) is 4.38. The minimum absolute atomic E-state index is 0.208. The molecule has 0 saturated heterocycles. The highest BCUT2D eigenvalue weighted by atomic mass is 35.5. The summed E-state index contributed by atoms with van der Waals surface area (Å²) in [7, 11) is 0. The second-order valence-electron chi connectivity index (χ2n) is 2.97. The monoisotopic (exact) mass is 200 g/mol. The minimum atomic E-state index is -0.208. The third-order valence-electron chi connectivity index (χ3n) is 1.98. The molecule has 1 aliphatic rings. The van der Waals surface area contributed by atoms with Gasteiger partial charge in [-0.3, -0.25) is 0 Å². The third-order valence-corrected chi connectivity index (χ3v) is 2.28. The number of hydrogen-bond donors (Lipinski definition) is 0. The van der Waals surface area contributed by atoms with Gasteiger partial charge in [0.25, 0.3) is 0 Å². The highest BCUT2D eigenvalue weighted by Crippen LogP contribution is 2.26. The predicted molar refractivity (Wildman–Crippen MR) is 52.5 cm³/mol. The van der Waals surface area contributed by atoms with Gasteiger partial charge in [-0.15, -0.1) is 0 Å². The van der Waals surface area contributed by atoms with E-state index < -0.39 is 0 Å². The van der Waals surface area contributed by atoms with Gasteiger partial charge in [-0.1, -0.05) is 11.6 Å². The highest BCUT2D eigenvalue weighted by Gasteiger charge is 2.16. The van der Waals surface area contributed by atoms with E-state index in [0.29, 0.717) is 13.0 Å². The van der Waals surface area contributed by atoms with Crippen molar-refractivity contribution < 1.29 is 9.53 Å². The van der Waals surface area contributed by atoms with Crippen molar-refractivity contribution in [2.24, 2.45) is 0 Å². The summed E-state index contributed by atoms with van der Waals surface area (Å²) in [6, 6.07) is 0. The topological polar surface area (TPSA) is 26.3 Å². The number of halogens is 1. The van der Waals surface area contributed by atoms with Crippen molar-refractivity contribution >= 4 is 17.6 Å². The molecule has 0 amide bonds. The summed E-state index contributed by atoms with van der Waals surface area (Å²) in [5, 5.41) is 0.811. The third kappa shape index (κ3) is 2.59. The Kier molecular flexibility index (Phi) is 3.55. The fourth-order valence-corrected chi connectivity index (χ4v) is 1.58. The number of carbonyl (C=O) groups excluding carboxylic acids is 1. The molecule has 0 atom stereocenters. The number of hydrogen-bond acceptors (Lipinski definition) is 2. The fourth-order valence-electron chi connectivity index (χ4n) is 1.32. The van der Waals surface area contributed by atoms with Crippen molar-refractivity contribution in [1.82, 2.24) is 0 Å². The van der Waals surface area contributed by atoms with Gasteiger partial charge >= 0.3 is 5.97 Å². The van der Waals surface area contributed by atoms with Gasteiger partial charge in [0.1, 0.15) is 0 Å². The van der Waals surface area contributed by atoms with E-state index in [2.05, 4.69) is 0 Å². The second kappa shape index (κ2) is 4.47. The average molecular weight is 201 g/mol. The van der Waals surface area contributed by atoms with Gasteiger partial charge in [0.2, 0.25) is 0 Å². The average Bonchev–Trinajstić information content (AvgIpc) is 2.04. The quantitative estimate of drug-likeness (QED) is 0.641. The lowest BCUT2D eigenvalue weighted by molar-refractivity contribution is -0.138. The Morgan fingerprint density at radius 2 is 2.31 bits per heavy atom. The zero-order chi connectivity index (χ0) is 9.84. The number of carbonyl (C=O) groups is 1. The Bertz CT molecular complexity index is 277. The molecule has 2 nitrogen and oxygen atoms in total. The Labute approximate surface area is 83.2 Å². The molecule has 0 aromatic heterocycles. The largest absolute Gasteiger partial charge is 0.463 e. The number of allylic oxidation sites excluding steroid dienone is 3. The summed E-state index contributed by atoms with van der Waals surface area (Å²) < 4.78 is 4.92. The molecule has 0 bridgehead atoms.